The van der Waals surface area contributed by atoms with E-state index in [2.05, 4.69) is 28.3 Å². The highest BCUT2D eigenvalue weighted by atomic mass is 32.1. The summed E-state index contributed by atoms with van der Waals surface area (Å²) in [5, 5.41) is 0.936. The third-order valence-electron chi connectivity index (χ3n) is 3.41. The third kappa shape index (κ3) is 2.23. The van der Waals surface area contributed by atoms with Gasteiger partial charge in [0.15, 0.2) is 6.29 Å². The van der Waals surface area contributed by atoms with Crippen molar-refractivity contribution in [2.24, 2.45) is 0 Å². The van der Waals surface area contributed by atoms with Crippen LogP contribution in [0.3, 0.4) is 0 Å². The molecule has 3 heterocycles. The van der Waals surface area contributed by atoms with Crippen LogP contribution >= 0.6 is 11.3 Å². The second-order valence-corrected chi connectivity index (χ2v) is 5.87. The van der Waals surface area contributed by atoms with Crippen molar-refractivity contribution >= 4 is 21.6 Å². The summed E-state index contributed by atoms with van der Waals surface area (Å²) in [6.07, 6.45) is 2.80. The molecule has 3 aromatic rings. The summed E-state index contributed by atoms with van der Waals surface area (Å²) in [5.41, 5.74) is 2.18. The molecule has 2 aromatic heterocycles. The molecule has 105 valence electrons. The van der Waals surface area contributed by atoms with Crippen LogP contribution in [0.5, 0.6) is 0 Å². The van der Waals surface area contributed by atoms with Crippen molar-refractivity contribution in [3.05, 3.63) is 47.2 Å². The lowest BCUT2D eigenvalue weighted by Crippen LogP contribution is -1.97. The zero-order valence-corrected chi connectivity index (χ0v) is 12.3. The number of nitrogens with zero attached hydrogens (tertiary/aromatic N) is 2. The Balaban J connectivity index is 1.98. The molecule has 1 radical (unpaired) electrons. The van der Waals surface area contributed by atoms with Gasteiger partial charge in [-0.2, -0.15) is 0 Å². The monoisotopic (exact) mass is 297 g/mol. The lowest BCUT2D eigenvalue weighted by atomic mass is 10.0. The van der Waals surface area contributed by atoms with E-state index in [-0.39, 0.29) is 6.29 Å². The molecule has 0 bridgehead atoms. The fourth-order valence-electron chi connectivity index (χ4n) is 2.49. The Bertz CT molecular complexity index is 780. The van der Waals surface area contributed by atoms with E-state index in [0.717, 1.165) is 32.0 Å². The van der Waals surface area contributed by atoms with Crippen LogP contribution < -0.4 is 0 Å². The van der Waals surface area contributed by atoms with Crippen molar-refractivity contribution in [3.63, 3.8) is 0 Å². The van der Waals surface area contributed by atoms with E-state index in [9.17, 15) is 0 Å². The Morgan fingerprint density at radius 3 is 2.71 bits per heavy atom. The van der Waals surface area contributed by atoms with Crippen LogP contribution in [-0.2, 0) is 9.47 Å². The Hall–Kier alpha value is -1.82. The molecule has 1 saturated heterocycles. The largest absolute Gasteiger partial charge is 0.345 e. The van der Waals surface area contributed by atoms with Crippen LogP contribution in [0.2, 0.25) is 0 Å². The minimum Gasteiger partial charge on any atom is -0.345 e. The number of ether oxygens (including phenoxy) is 2. The predicted octanol–water partition coefficient (Wildman–Crippen LogP) is 3.51. The Kier molecular flexibility index (Phi) is 3.18. The van der Waals surface area contributed by atoms with Crippen LogP contribution in [-0.4, -0.2) is 23.2 Å². The number of hydrogen-bond donors (Lipinski definition) is 0. The van der Waals surface area contributed by atoms with Gasteiger partial charge >= 0.3 is 0 Å². The molecule has 0 N–H and O–H groups in total. The van der Waals surface area contributed by atoms with Crippen molar-refractivity contribution < 1.29 is 9.47 Å². The smallest absolute Gasteiger partial charge is 0.193 e. The van der Waals surface area contributed by atoms with Crippen LogP contribution in [0.25, 0.3) is 21.3 Å². The molecule has 1 aliphatic heterocycles. The average molecular weight is 297 g/mol. The number of hydrogen-bond acceptors (Lipinski definition) is 5. The van der Waals surface area contributed by atoms with Crippen LogP contribution in [0.4, 0.5) is 0 Å². The highest BCUT2D eigenvalue weighted by molar-refractivity contribution is 7.19. The van der Waals surface area contributed by atoms with Gasteiger partial charge < -0.3 is 9.47 Å². The van der Waals surface area contributed by atoms with Gasteiger partial charge in [0.2, 0.25) is 0 Å². The first-order chi connectivity index (χ1) is 10.3. The molecule has 0 amide bonds. The minimum absolute atomic E-state index is 0.312. The van der Waals surface area contributed by atoms with Gasteiger partial charge in [0, 0.05) is 10.9 Å². The van der Waals surface area contributed by atoms with Crippen LogP contribution in [0.15, 0.2) is 30.3 Å². The summed E-state index contributed by atoms with van der Waals surface area (Å²) in [7, 11) is 0. The number of thiophene rings is 1. The summed E-state index contributed by atoms with van der Waals surface area (Å²) in [6, 6.07) is 10.2. The molecule has 0 spiro atoms. The highest BCUT2D eigenvalue weighted by Gasteiger charge is 2.26. The number of fused-ring (bicyclic) bond motifs is 1. The van der Waals surface area contributed by atoms with E-state index in [1.807, 2.05) is 25.1 Å². The summed E-state index contributed by atoms with van der Waals surface area (Å²) >= 11 is 1.60. The fourth-order valence-corrected chi connectivity index (χ4v) is 3.68. The number of aromatic nitrogens is 2. The lowest BCUT2D eigenvalue weighted by molar-refractivity contribution is -0.0408. The van der Waals surface area contributed by atoms with E-state index in [0.29, 0.717) is 13.2 Å². The lowest BCUT2D eigenvalue weighted by Gasteiger charge is -2.10. The molecule has 1 aliphatic rings. The summed E-state index contributed by atoms with van der Waals surface area (Å²) in [5.74, 6) is 0.725. The molecule has 4 rings (SSSR count). The van der Waals surface area contributed by atoms with Crippen molar-refractivity contribution in [2.45, 2.75) is 13.2 Å². The minimum atomic E-state index is -0.312. The van der Waals surface area contributed by atoms with E-state index in [1.165, 1.54) is 0 Å². The molecule has 0 unspecified atom stereocenters. The molecule has 0 saturated carbocycles. The first-order valence-electron chi connectivity index (χ1n) is 6.80. The first kappa shape index (κ1) is 12.9. The van der Waals surface area contributed by atoms with Crippen LogP contribution in [0.1, 0.15) is 17.0 Å². The molecule has 21 heavy (non-hydrogen) atoms. The standard InChI is InChI=1S/C16H13N2O2S/c1-10-17-9-12-13(11-5-3-2-4-6-11)14(21-15(12)18-10)16-19-7-8-20-16/h2-6,16H,7-8H2,1H3. The fraction of sp³-hybridized carbons (Fsp3) is 0.250. The maximum absolute atomic E-state index is 5.69. The average Bonchev–Trinajstić information content (AvgIpc) is 3.14. The van der Waals surface area contributed by atoms with E-state index < -0.39 is 0 Å². The molecular formula is C16H13N2O2S. The SMILES string of the molecule is Cc1n[c]c2c(-c3ccccc3)c(C3OCCO3)sc2n1. The zero-order valence-electron chi connectivity index (χ0n) is 11.5. The molecule has 1 aromatic carbocycles. The second-order valence-electron chi connectivity index (χ2n) is 4.84. The molecular weight excluding hydrogens is 284 g/mol. The Labute approximate surface area is 126 Å². The summed E-state index contributed by atoms with van der Waals surface area (Å²) < 4.78 is 11.4. The van der Waals surface area contributed by atoms with Gasteiger partial charge in [0.25, 0.3) is 0 Å². The Morgan fingerprint density at radius 1 is 1.19 bits per heavy atom. The summed E-state index contributed by atoms with van der Waals surface area (Å²) in [6.45, 7) is 3.13. The van der Waals surface area contributed by atoms with Gasteiger partial charge in [-0.15, -0.1) is 11.3 Å². The van der Waals surface area contributed by atoms with Crippen LogP contribution in [0, 0.1) is 13.1 Å². The van der Waals surface area contributed by atoms with Gasteiger partial charge in [0.1, 0.15) is 16.9 Å². The van der Waals surface area contributed by atoms with Crippen molar-refractivity contribution in [1.29, 1.82) is 0 Å². The van der Waals surface area contributed by atoms with Gasteiger partial charge in [-0.3, -0.25) is 0 Å². The number of aryl methyl sites for hydroxylation is 1. The summed E-state index contributed by atoms with van der Waals surface area (Å²) in [4.78, 5) is 10.7. The predicted molar refractivity (Wildman–Crippen MR) is 81.1 cm³/mol. The van der Waals surface area contributed by atoms with Gasteiger partial charge in [-0.25, -0.2) is 9.97 Å². The Morgan fingerprint density at radius 2 is 1.95 bits per heavy atom. The maximum Gasteiger partial charge on any atom is 0.193 e. The highest BCUT2D eigenvalue weighted by Crippen LogP contribution is 2.43. The topological polar surface area (TPSA) is 44.2 Å². The molecule has 4 nitrogen and oxygen atoms in total. The molecule has 5 heteroatoms. The maximum atomic E-state index is 5.69. The quantitative estimate of drug-likeness (QED) is 0.726. The number of rotatable bonds is 2. The van der Waals surface area contributed by atoms with Gasteiger partial charge in [-0.05, 0) is 12.5 Å². The van der Waals surface area contributed by atoms with Crippen molar-refractivity contribution in [3.8, 4) is 11.1 Å². The van der Waals surface area contributed by atoms with Crippen molar-refractivity contribution in [1.82, 2.24) is 9.97 Å². The van der Waals surface area contributed by atoms with E-state index in [1.54, 1.807) is 11.3 Å². The van der Waals surface area contributed by atoms with E-state index >= 15 is 0 Å². The van der Waals surface area contributed by atoms with Crippen molar-refractivity contribution in [2.75, 3.05) is 13.2 Å². The number of benzene rings is 1. The third-order valence-corrected chi connectivity index (χ3v) is 4.51. The van der Waals surface area contributed by atoms with Gasteiger partial charge in [-0.1, -0.05) is 30.3 Å². The molecule has 1 fully saturated rings. The first-order valence-corrected chi connectivity index (χ1v) is 7.62. The normalized spacial score (nSPS) is 15.9. The zero-order chi connectivity index (χ0) is 14.2. The van der Waals surface area contributed by atoms with E-state index in [4.69, 9.17) is 9.47 Å². The van der Waals surface area contributed by atoms with Gasteiger partial charge in [0.05, 0.1) is 18.1 Å². The molecule has 0 atom stereocenters. The molecule has 0 aliphatic carbocycles. The second kappa shape index (κ2) is 5.18.